The van der Waals surface area contributed by atoms with Crippen LogP contribution in [0.4, 0.5) is 5.82 Å². The van der Waals surface area contributed by atoms with Crippen molar-refractivity contribution in [3.05, 3.63) is 6.20 Å². The smallest absolute Gasteiger partial charge is 0.330 e. The zero-order valence-corrected chi connectivity index (χ0v) is 8.21. The van der Waals surface area contributed by atoms with E-state index in [0.29, 0.717) is 6.42 Å². The summed E-state index contributed by atoms with van der Waals surface area (Å²) in [6, 6.07) is -0.729. The van der Waals surface area contributed by atoms with Crippen molar-refractivity contribution in [3.63, 3.8) is 0 Å². The minimum Gasteiger partial charge on any atom is -0.480 e. The summed E-state index contributed by atoms with van der Waals surface area (Å²) in [7, 11) is 0. The molecule has 14 heavy (non-hydrogen) atoms. The molecule has 0 aromatic carbocycles. The fourth-order valence-corrected chi connectivity index (χ4v) is 1.18. The van der Waals surface area contributed by atoms with Gasteiger partial charge in [0, 0.05) is 0 Å². The third-order valence-electron chi connectivity index (χ3n) is 1.78. The van der Waals surface area contributed by atoms with E-state index >= 15 is 0 Å². The Labute approximate surface area is 81.7 Å². The van der Waals surface area contributed by atoms with Gasteiger partial charge < -0.3 is 10.8 Å². The number of hydrogen-bond acceptors (Lipinski definition) is 4. The molecule has 0 saturated carbocycles. The Morgan fingerprint density at radius 1 is 1.71 bits per heavy atom. The number of carbonyl (C=O) groups is 1. The molecule has 1 unspecified atom stereocenters. The van der Waals surface area contributed by atoms with E-state index in [0.717, 1.165) is 4.80 Å². The van der Waals surface area contributed by atoms with Crippen LogP contribution < -0.4 is 5.73 Å². The van der Waals surface area contributed by atoms with Gasteiger partial charge in [-0.1, -0.05) is 13.8 Å². The Kier molecular flexibility index (Phi) is 3.06. The average molecular weight is 198 g/mol. The summed E-state index contributed by atoms with van der Waals surface area (Å²) < 4.78 is 0. The van der Waals surface area contributed by atoms with E-state index in [1.54, 1.807) is 0 Å². The van der Waals surface area contributed by atoms with E-state index in [4.69, 9.17) is 10.8 Å². The summed E-state index contributed by atoms with van der Waals surface area (Å²) in [4.78, 5) is 12.1. The lowest BCUT2D eigenvalue weighted by atomic mass is 10.0. The largest absolute Gasteiger partial charge is 0.480 e. The van der Waals surface area contributed by atoms with E-state index in [1.807, 2.05) is 13.8 Å². The topological polar surface area (TPSA) is 94.0 Å². The SMILES string of the molecule is CC(C)CC(C(=O)O)n1ncc(N)n1. The second-order valence-corrected chi connectivity index (χ2v) is 3.57. The molecule has 0 radical (unpaired) electrons. The van der Waals surface area contributed by atoms with Crippen LogP contribution in [0.25, 0.3) is 0 Å². The maximum Gasteiger partial charge on any atom is 0.330 e. The molecule has 0 spiro atoms. The van der Waals surface area contributed by atoms with Crippen molar-refractivity contribution in [2.75, 3.05) is 5.73 Å². The van der Waals surface area contributed by atoms with Crippen molar-refractivity contribution < 1.29 is 9.90 Å². The molecule has 0 saturated heterocycles. The molecule has 0 aliphatic heterocycles. The summed E-state index contributed by atoms with van der Waals surface area (Å²) in [6.07, 6.45) is 1.83. The van der Waals surface area contributed by atoms with Gasteiger partial charge in [0.1, 0.15) is 0 Å². The second-order valence-electron chi connectivity index (χ2n) is 3.57. The summed E-state index contributed by atoms with van der Waals surface area (Å²) >= 11 is 0. The van der Waals surface area contributed by atoms with Crippen molar-refractivity contribution in [1.82, 2.24) is 15.0 Å². The number of nitrogens with two attached hydrogens (primary N) is 1. The Balaban J connectivity index is 2.83. The molecule has 0 fully saturated rings. The van der Waals surface area contributed by atoms with Crippen molar-refractivity contribution in [1.29, 1.82) is 0 Å². The lowest BCUT2D eigenvalue weighted by molar-refractivity contribution is -0.142. The molecule has 1 aromatic rings. The molecule has 6 heteroatoms. The number of hydrogen-bond donors (Lipinski definition) is 2. The zero-order valence-electron chi connectivity index (χ0n) is 8.21. The van der Waals surface area contributed by atoms with Crippen molar-refractivity contribution in [2.45, 2.75) is 26.3 Å². The number of aliphatic carboxylic acids is 1. The molecule has 1 atom stereocenters. The molecular formula is C8H14N4O2. The molecule has 6 nitrogen and oxygen atoms in total. The maximum atomic E-state index is 10.9. The van der Waals surface area contributed by atoms with Crippen LogP contribution >= 0.6 is 0 Å². The summed E-state index contributed by atoms with van der Waals surface area (Å²) in [5.41, 5.74) is 5.36. The van der Waals surface area contributed by atoms with E-state index in [-0.39, 0.29) is 11.7 Å². The predicted octanol–water partition coefficient (Wildman–Crippen LogP) is 0.532. The summed E-state index contributed by atoms with van der Waals surface area (Å²) in [5.74, 6) is -0.433. The van der Waals surface area contributed by atoms with Gasteiger partial charge in [-0.2, -0.15) is 9.90 Å². The first-order chi connectivity index (χ1) is 6.50. The fourth-order valence-electron chi connectivity index (χ4n) is 1.18. The van der Waals surface area contributed by atoms with Crippen molar-refractivity contribution in [2.24, 2.45) is 5.92 Å². The molecule has 1 heterocycles. The van der Waals surface area contributed by atoms with Crippen LogP contribution in [0.2, 0.25) is 0 Å². The number of nitrogens with zero attached hydrogens (tertiary/aromatic N) is 3. The van der Waals surface area contributed by atoms with Gasteiger partial charge in [0.25, 0.3) is 0 Å². The Morgan fingerprint density at radius 2 is 2.36 bits per heavy atom. The molecular weight excluding hydrogens is 184 g/mol. The molecule has 78 valence electrons. The first-order valence-electron chi connectivity index (χ1n) is 4.40. The van der Waals surface area contributed by atoms with Gasteiger partial charge in [-0.3, -0.25) is 0 Å². The van der Waals surface area contributed by atoms with Gasteiger partial charge in [0.2, 0.25) is 0 Å². The monoisotopic (exact) mass is 198 g/mol. The van der Waals surface area contributed by atoms with Gasteiger partial charge in [0.15, 0.2) is 11.9 Å². The molecule has 1 aromatic heterocycles. The summed E-state index contributed by atoms with van der Waals surface area (Å²) in [6.45, 7) is 3.89. The lowest BCUT2D eigenvalue weighted by Crippen LogP contribution is -2.23. The number of rotatable bonds is 4. The average Bonchev–Trinajstić information content (AvgIpc) is 2.46. The highest BCUT2D eigenvalue weighted by atomic mass is 16.4. The molecule has 1 rings (SSSR count). The van der Waals surface area contributed by atoms with Gasteiger partial charge in [-0.25, -0.2) is 4.79 Å². The molecule has 0 amide bonds. The highest BCUT2D eigenvalue weighted by Crippen LogP contribution is 2.16. The van der Waals surface area contributed by atoms with Crippen LogP contribution in [0.3, 0.4) is 0 Å². The molecule has 3 N–H and O–H groups in total. The quantitative estimate of drug-likeness (QED) is 0.736. The van der Waals surface area contributed by atoms with Gasteiger partial charge >= 0.3 is 5.97 Å². The van der Waals surface area contributed by atoms with E-state index < -0.39 is 12.0 Å². The highest BCUT2D eigenvalue weighted by molar-refractivity contribution is 5.71. The normalized spacial score (nSPS) is 13.1. The number of carboxylic acids is 1. The third kappa shape index (κ3) is 2.45. The van der Waals surface area contributed by atoms with Crippen LogP contribution in [-0.4, -0.2) is 26.1 Å². The molecule has 0 aliphatic carbocycles. The van der Waals surface area contributed by atoms with Crippen LogP contribution in [0.1, 0.15) is 26.3 Å². The number of anilines is 1. The predicted molar refractivity (Wildman–Crippen MR) is 50.6 cm³/mol. The second kappa shape index (κ2) is 4.08. The third-order valence-corrected chi connectivity index (χ3v) is 1.78. The first kappa shape index (κ1) is 10.5. The molecule has 0 aliphatic rings. The Morgan fingerprint density at radius 3 is 2.71 bits per heavy atom. The highest BCUT2D eigenvalue weighted by Gasteiger charge is 2.22. The minimum absolute atomic E-state index is 0.236. The van der Waals surface area contributed by atoms with Crippen molar-refractivity contribution >= 4 is 11.8 Å². The van der Waals surface area contributed by atoms with E-state index in [2.05, 4.69) is 10.2 Å². The van der Waals surface area contributed by atoms with Crippen LogP contribution in [0, 0.1) is 5.92 Å². The molecule has 0 bridgehead atoms. The zero-order chi connectivity index (χ0) is 10.7. The maximum absolute atomic E-state index is 10.9. The number of carboxylic acid groups (broad SMARTS) is 1. The number of nitrogen functional groups attached to an aromatic ring is 1. The Hall–Kier alpha value is -1.59. The van der Waals surface area contributed by atoms with Crippen LogP contribution in [-0.2, 0) is 4.79 Å². The standard InChI is InChI=1S/C8H14N4O2/c1-5(2)3-6(8(13)14)12-10-4-7(9)11-12/h4-6H,3H2,1-2H3,(H2,9,11)(H,13,14). The fraction of sp³-hybridized carbons (Fsp3) is 0.625. The minimum atomic E-state index is -0.936. The van der Waals surface area contributed by atoms with Gasteiger partial charge in [0.05, 0.1) is 6.20 Å². The van der Waals surface area contributed by atoms with E-state index in [1.165, 1.54) is 6.20 Å². The van der Waals surface area contributed by atoms with E-state index in [9.17, 15) is 4.79 Å². The van der Waals surface area contributed by atoms with Gasteiger partial charge in [-0.05, 0) is 12.3 Å². The summed E-state index contributed by atoms with van der Waals surface area (Å²) in [5, 5.41) is 16.5. The van der Waals surface area contributed by atoms with Crippen LogP contribution in [0.15, 0.2) is 6.20 Å². The Bertz CT molecular complexity index is 321. The van der Waals surface area contributed by atoms with Gasteiger partial charge in [-0.15, -0.1) is 5.10 Å². The number of aromatic nitrogens is 3. The first-order valence-corrected chi connectivity index (χ1v) is 4.40. The van der Waals surface area contributed by atoms with Crippen LogP contribution in [0.5, 0.6) is 0 Å². The van der Waals surface area contributed by atoms with Crippen molar-refractivity contribution in [3.8, 4) is 0 Å². The lowest BCUT2D eigenvalue weighted by Gasteiger charge is -2.13.